The lowest BCUT2D eigenvalue weighted by atomic mass is 10.2. The number of ether oxygens (including phenoxy) is 1. The van der Waals surface area contributed by atoms with Crippen LogP contribution in [-0.2, 0) is 9.84 Å². The van der Waals surface area contributed by atoms with Crippen molar-refractivity contribution in [1.29, 1.82) is 0 Å². The maximum atomic E-state index is 11.6. The number of sulfone groups is 1. The summed E-state index contributed by atoms with van der Waals surface area (Å²) in [6.07, 6.45) is 2.34. The molecule has 1 heterocycles. The number of hydrogen-bond acceptors (Lipinski definition) is 4. The average Bonchev–Trinajstić information content (AvgIpc) is 2.90. The van der Waals surface area contributed by atoms with Gasteiger partial charge in [-0.2, -0.15) is 0 Å². The molecule has 1 atom stereocenters. The van der Waals surface area contributed by atoms with E-state index in [1.807, 2.05) is 0 Å². The van der Waals surface area contributed by atoms with Gasteiger partial charge < -0.3 is 10.1 Å². The fourth-order valence-electron chi connectivity index (χ4n) is 2.01. The third-order valence-corrected chi connectivity index (χ3v) is 4.93. The Kier molecular flexibility index (Phi) is 4.24. The summed E-state index contributed by atoms with van der Waals surface area (Å²) >= 11 is 0. The van der Waals surface area contributed by atoms with Gasteiger partial charge in [-0.3, -0.25) is 0 Å². The monoisotopic (exact) mass is 269 g/mol. The zero-order valence-corrected chi connectivity index (χ0v) is 11.4. The minimum absolute atomic E-state index is 0.124. The molecular formula is C13H19NO3S. The number of rotatable bonds is 5. The largest absolute Gasteiger partial charge is 0.492 e. The summed E-state index contributed by atoms with van der Waals surface area (Å²) < 4.78 is 28.9. The molecule has 0 spiro atoms. The van der Waals surface area contributed by atoms with E-state index in [-0.39, 0.29) is 5.75 Å². The topological polar surface area (TPSA) is 55.4 Å². The molecule has 4 nitrogen and oxygen atoms in total. The van der Waals surface area contributed by atoms with Crippen LogP contribution >= 0.6 is 0 Å². The Bertz CT molecular complexity index is 475. The Morgan fingerprint density at radius 3 is 2.61 bits per heavy atom. The molecule has 1 unspecified atom stereocenters. The SMILES string of the molecule is CCS(=O)(=O)c1ccc(OCC2CCCN2)cc1. The maximum absolute atomic E-state index is 11.6. The molecule has 0 aromatic heterocycles. The first-order chi connectivity index (χ1) is 8.62. The van der Waals surface area contributed by atoms with Crippen LogP contribution in [0.3, 0.4) is 0 Å². The fraction of sp³-hybridized carbons (Fsp3) is 0.538. The van der Waals surface area contributed by atoms with E-state index in [2.05, 4.69) is 5.32 Å². The van der Waals surface area contributed by atoms with Gasteiger partial charge in [0.2, 0.25) is 0 Å². The van der Waals surface area contributed by atoms with Crippen molar-refractivity contribution >= 4 is 9.84 Å². The standard InChI is InChI=1S/C13H19NO3S/c1-2-18(15,16)13-7-5-12(6-8-13)17-10-11-4-3-9-14-11/h5-8,11,14H,2-4,9-10H2,1H3. The Labute approximate surface area is 108 Å². The summed E-state index contributed by atoms with van der Waals surface area (Å²) in [5, 5.41) is 3.35. The second-order valence-electron chi connectivity index (χ2n) is 4.48. The molecule has 1 aliphatic heterocycles. The van der Waals surface area contributed by atoms with Crippen molar-refractivity contribution in [2.45, 2.75) is 30.7 Å². The summed E-state index contributed by atoms with van der Waals surface area (Å²) in [6, 6.07) is 7.07. The molecule has 0 saturated carbocycles. The second-order valence-corrected chi connectivity index (χ2v) is 6.76. The molecule has 1 saturated heterocycles. The van der Waals surface area contributed by atoms with E-state index >= 15 is 0 Å². The number of benzene rings is 1. The Morgan fingerprint density at radius 2 is 2.06 bits per heavy atom. The van der Waals surface area contributed by atoms with Crippen LogP contribution in [0.2, 0.25) is 0 Å². The fourth-order valence-corrected chi connectivity index (χ4v) is 2.89. The van der Waals surface area contributed by atoms with E-state index in [4.69, 9.17) is 4.74 Å². The van der Waals surface area contributed by atoms with Gasteiger partial charge in [0.25, 0.3) is 0 Å². The van der Waals surface area contributed by atoms with Crippen LogP contribution in [0.1, 0.15) is 19.8 Å². The van der Waals surface area contributed by atoms with E-state index < -0.39 is 9.84 Å². The third kappa shape index (κ3) is 3.23. The smallest absolute Gasteiger partial charge is 0.178 e. The minimum atomic E-state index is -3.11. The van der Waals surface area contributed by atoms with Gasteiger partial charge in [-0.1, -0.05) is 6.92 Å². The van der Waals surface area contributed by atoms with E-state index in [1.165, 1.54) is 6.42 Å². The van der Waals surface area contributed by atoms with Crippen molar-refractivity contribution in [2.75, 3.05) is 18.9 Å². The second kappa shape index (κ2) is 5.71. The van der Waals surface area contributed by atoms with Crippen molar-refractivity contribution in [3.05, 3.63) is 24.3 Å². The first-order valence-corrected chi connectivity index (χ1v) is 7.96. The molecule has 0 bridgehead atoms. The van der Waals surface area contributed by atoms with Crippen LogP contribution in [0, 0.1) is 0 Å². The Balaban J connectivity index is 1.95. The zero-order chi connectivity index (χ0) is 13.0. The highest BCUT2D eigenvalue weighted by molar-refractivity contribution is 7.91. The van der Waals surface area contributed by atoms with Crippen molar-refractivity contribution in [3.8, 4) is 5.75 Å². The summed E-state index contributed by atoms with van der Waals surface area (Å²) in [5.41, 5.74) is 0. The molecule has 1 aromatic rings. The predicted molar refractivity (Wildman–Crippen MR) is 70.7 cm³/mol. The Morgan fingerprint density at radius 1 is 1.33 bits per heavy atom. The molecule has 18 heavy (non-hydrogen) atoms. The maximum Gasteiger partial charge on any atom is 0.178 e. The van der Waals surface area contributed by atoms with Gasteiger partial charge in [0, 0.05) is 6.04 Å². The zero-order valence-electron chi connectivity index (χ0n) is 10.6. The lowest BCUT2D eigenvalue weighted by Gasteiger charge is -2.12. The van der Waals surface area contributed by atoms with E-state index in [0.717, 1.165) is 18.7 Å². The van der Waals surface area contributed by atoms with Crippen molar-refractivity contribution in [2.24, 2.45) is 0 Å². The molecule has 1 fully saturated rings. The number of hydrogen-bond donors (Lipinski definition) is 1. The van der Waals surface area contributed by atoms with E-state index in [0.29, 0.717) is 17.5 Å². The van der Waals surface area contributed by atoms with Crippen LogP contribution in [0.15, 0.2) is 29.2 Å². The van der Waals surface area contributed by atoms with Gasteiger partial charge in [0.15, 0.2) is 9.84 Å². The predicted octanol–water partition coefficient (Wildman–Crippen LogP) is 1.61. The first kappa shape index (κ1) is 13.4. The summed E-state index contributed by atoms with van der Waals surface area (Å²) in [7, 11) is -3.11. The Hall–Kier alpha value is -1.07. The molecule has 1 aliphatic rings. The minimum Gasteiger partial charge on any atom is -0.492 e. The lowest BCUT2D eigenvalue weighted by molar-refractivity contribution is 0.277. The molecule has 0 amide bonds. The van der Waals surface area contributed by atoms with Crippen LogP contribution in [-0.4, -0.2) is 33.4 Å². The van der Waals surface area contributed by atoms with Crippen LogP contribution in [0.5, 0.6) is 5.75 Å². The van der Waals surface area contributed by atoms with E-state index in [9.17, 15) is 8.42 Å². The van der Waals surface area contributed by atoms with Gasteiger partial charge in [-0.05, 0) is 43.7 Å². The lowest BCUT2D eigenvalue weighted by Crippen LogP contribution is -2.28. The van der Waals surface area contributed by atoms with Gasteiger partial charge in [0.05, 0.1) is 10.6 Å². The normalized spacial score (nSPS) is 19.9. The highest BCUT2D eigenvalue weighted by Crippen LogP contribution is 2.17. The molecule has 1 N–H and O–H groups in total. The van der Waals surface area contributed by atoms with Crippen LogP contribution in [0.25, 0.3) is 0 Å². The third-order valence-electron chi connectivity index (χ3n) is 3.18. The summed E-state index contributed by atoms with van der Waals surface area (Å²) in [4.78, 5) is 0.358. The van der Waals surface area contributed by atoms with Crippen molar-refractivity contribution in [3.63, 3.8) is 0 Å². The molecule has 0 aliphatic carbocycles. The first-order valence-electron chi connectivity index (χ1n) is 6.31. The van der Waals surface area contributed by atoms with Gasteiger partial charge >= 0.3 is 0 Å². The molecule has 5 heteroatoms. The van der Waals surface area contributed by atoms with Crippen molar-refractivity contribution in [1.82, 2.24) is 5.32 Å². The van der Waals surface area contributed by atoms with Crippen molar-refractivity contribution < 1.29 is 13.2 Å². The van der Waals surface area contributed by atoms with Crippen LogP contribution in [0.4, 0.5) is 0 Å². The molecule has 0 radical (unpaired) electrons. The van der Waals surface area contributed by atoms with E-state index in [1.54, 1.807) is 31.2 Å². The highest BCUT2D eigenvalue weighted by Gasteiger charge is 2.15. The molecule has 1 aromatic carbocycles. The molecule has 2 rings (SSSR count). The quantitative estimate of drug-likeness (QED) is 0.882. The molecule has 100 valence electrons. The van der Waals surface area contributed by atoms with Gasteiger partial charge in [-0.25, -0.2) is 8.42 Å². The molecular weight excluding hydrogens is 250 g/mol. The highest BCUT2D eigenvalue weighted by atomic mass is 32.2. The number of nitrogens with one attached hydrogen (secondary N) is 1. The summed E-state index contributed by atoms with van der Waals surface area (Å²) in [6.45, 7) is 3.34. The average molecular weight is 269 g/mol. The summed E-state index contributed by atoms with van der Waals surface area (Å²) in [5.74, 6) is 0.845. The van der Waals surface area contributed by atoms with Crippen LogP contribution < -0.4 is 10.1 Å². The van der Waals surface area contributed by atoms with Gasteiger partial charge in [-0.15, -0.1) is 0 Å². The van der Waals surface area contributed by atoms with Gasteiger partial charge in [0.1, 0.15) is 12.4 Å².